The molecule has 6 heteroatoms. The van der Waals surface area contributed by atoms with Crippen molar-refractivity contribution in [3.8, 4) is 0 Å². The van der Waals surface area contributed by atoms with Gasteiger partial charge in [-0.15, -0.1) is 11.3 Å². The molecule has 2 aromatic rings. The van der Waals surface area contributed by atoms with E-state index in [1.54, 1.807) is 18.3 Å². The summed E-state index contributed by atoms with van der Waals surface area (Å²) >= 11 is 1.52. The molecule has 0 spiro atoms. The number of nitrogens with one attached hydrogen (secondary N) is 1. The fraction of sp³-hybridized carbons (Fsp3) is 0.308. The summed E-state index contributed by atoms with van der Waals surface area (Å²) in [6.07, 6.45) is 1.73. The molecule has 2 rings (SSSR count). The lowest BCUT2D eigenvalue weighted by Gasteiger charge is -2.25. The molecule has 0 aliphatic heterocycles. The zero-order valence-electron chi connectivity index (χ0n) is 11.0. The predicted molar refractivity (Wildman–Crippen MR) is 76.6 cm³/mol. The number of rotatable bonds is 4. The highest BCUT2D eigenvalue weighted by Gasteiger charge is 2.26. The quantitative estimate of drug-likeness (QED) is 0.683. The Labute approximate surface area is 115 Å². The van der Waals surface area contributed by atoms with Crippen LogP contribution in [0.15, 0.2) is 29.8 Å². The Morgan fingerprint density at radius 1 is 1.42 bits per heavy atom. The van der Waals surface area contributed by atoms with Gasteiger partial charge in [0.15, 0.2) is 0 Å². The van der Waals surface area contributed by atoms with Crippen molar-refractivity contribution in [1.29, 1.82) is 0 Å². The van der Waals surface area contributed by atoms with Crippen LogP contribution in [0, 0.1) is 17.0 Å². The summed E-state index contributed by atoms with van der Waals surface area (Å²) in [6, 6.07) is 5.16. The van der Waals surface area contributed by atoms with Crippen molar-refractivity contribution in [3.05, 3.63) is 50.5 Å². The molecule has 0 unspecified atom stereocenters. The zero-order valence-corrected chi connectivity index (χ0v) is 11.8. The van der Waals surface area contributed by atoms with Gasteiger partial charge in [0.05, 0.1) is 10.5 Å². The van der Waals surface area contributed by atoms with E-state index in [1.165, 1.54) is 11.3 Å². The number of aromatic nitrogens is 1. The second-order valence-electron chi connectivity index (χ2n) is 4.86. The Bertz CT molecular complexity index is 594. The first kappa shape index (κ1) is 13.5. The third-order valence-corrected chi connectivity index (χ3v) is 3.86. The Morgan fingerprint density at radius 3 is 2.74 bits per heavy atom. The maximum atomic E-state index is 11.1. The fourth-order valence-corrected chi connectivity index (χ4v) is 2.54. The molecular weight excluding hydrogens is 262 g/mol. The van der Waals surface area contributed by atoms with Crippen molar-refractivity contribution >= 4 is 22.7 Å². The van der Waals surface area contributed by atoms with Crippen LogP contribution in [0.2, 0.25) is 0 Å². The molecule has 0 saturated heterocycles. The van der Waals surface area contributed by atoms with E-state index in [9.17, 15) is 10.1 Å². The van der Waals surface area contributed by atoms with Crippen LogP contribution in [0.4, 0.5) is 11.4 Å². The maximum Gasteiger partial charge on any atom is 0.292 e. The van der Waals surface area contributed by atoms with Gasteiger partial charge in [-0.25, -0.2) is 4.98 Å². The van der Waals surface area contributed by atoms with Crippen molar-refractivity contribution in [2.45, 2.75) is 26.3 Å². The first-order valence-electron chi connectivity index (χ1n) is 5.83. The van der Waals surface area contributed by atoms with Gasteiger partial charge in [-0.1, -0.05) is 6.07 Å². The van der Waals surface area contributed by atoms with Crippen molar-refractivity contribution in [1.82, 2.24) is 4.98 Å². The van der Waals surface area contributed by atoms with Crippen LogP contribution < -0.4 is 5.32 Å². The van der Waals surface area contributed by atoms with Crippen molar-refractivity contribution in [3.63, 3.8) is 0 Å². The number of thiazole rings is 1. The molecular formula is C13H15N3O2S. The number of nitro benzene ring substituents is 1. The predicted octanol–water partition coefficient (Wildman–Crippen LogP) is 3.71. The van der Waals surface area contributed by atoms with Gasteiger partial charge >= 0.3 is 0 Å². The molecule has 0 radical (unpaired) electrons. The van der Waals surface area contributed by atoms with E-state index in [4.69, 9.17) is 0 Å². The largest absolute Gasteiger partial charge is 0.368 e. The second-order valence-corrected chi connectivity index (χ2v) is 5.76. The number of benzene rings is 1. The molecule has 0 fully saturated rings. The monoisotopic (exact) mass is 277 g/mol. The summed E-state index contributed by atoms with van der Waals surface area (Å²) in [5, 5.41) is 17.1. The molecule has 0 aliphatic rings. The van der Waals surface area contributed by atoms with Crippen LogP contribution in [-0.2, 0) is 5.54 Å². The minimum absolute atomic E-state index is 0.0876. The molecule has 0 bridgehead atoms. The topological polar surface area (TPSA) is 68.1 Å². The van der Waals surface area contributed by atoms with Crippen LogP contribution in [-0.4, -0.2) is 9.91 Å². The van der Waals surface area contributed by atoms with Crippen LogP contribution in [0.1, 0.15) is 24.4 Å². The molecule has 100 valence electrons. The van der Waals surface area contributed by atoms with Gasteiger partial charge < -0.3 is 5.32 Å². The Kier molecular flexibility index (Phi) is 3.53. The summed E-state index contributed by atoms with van der Waals surface area (Å²) in [4.78, 5) is 15.0. The molecule has 19 heavy (non-hydrogen) atoms. The van der Waals surface area contributed by atoms with Gasteiger partial charge in [0.25, 0.3) is 5.69 Å². The van der Waals surface area contributed by atoms with E-state index < -0.39 is 5.54 Å². The van der Waals surface area contributed by atoms with E-state index in [0.717, 1.165) is 10.6 Å². The minimum atomic E-state index is -0.450. The number of anilines is 1. The van der Waals surface area contributed by atoms with E-state index in [-0.39, 0.29) is 10.6 Å². The molecule has 1 heterocycles. The molecule has 0 aliphatic carbocycles. The van der Waals surface area contributed by atoms with E-state index in [2.05, 4.69) is 10.3 Å². The number of hydrogen-bond donors (Lipinski definition) is 1. The smallest absolute Gasteiger partial charge is 0.292 e. The summed E-state index contributed by atoms with van der Waals surface area (Å²) in [6.45, 7) is 5.74. The summed E-state index contributed by atoms with van der Waals surface area (Å²) in [5.74, 6) is 0. The summed E-state index contributed by atoms with van der Waals surface area (Å²) in [7, 11) is 0. The first-order chi connectivity index (χ1) is 8.90. The third-order valence-electron chi connectivity index (χ3n) is 2.76. The van der Waals surface area contributed by atoms with Gasteiger partial charge in [0, 0.05) is 17.6 Å². The van der Waals surface area contributed by atoms with Gasteiger partial charge in [-0.3, -0.25) is 10.1 Å². The molecule has 0 saturated carbocycles. The van der Waals surface area contributed by atoms with Crippen LogP contribution in [0.3, 0.4) is 0 Å². The first-order valence-corrected chi connectivity index (χ1v) is 6.71. The molecule has 5 nitrogen and oxygen atoms in total. The normalized spacial score (nSPS) is 11.3. The van der Waals surface area contributed by atoms with Crippen molar-refractivity contribution < 1.29 is 4.92 Å². The van der Waals surface area contributed by atoms with Crippen molar-refractivity contribution in [2.24, 2.45) is 0 Å². The highest BCUT2D eigenvalue weighted by atomic mass is 32.1. The lowest BCUT2D eigenvalue weighted by atomic mass is 10.1. The average Bonchev–Trinajstić information content (AvgIpc) is 2.85. The summed E-state index contributed by atoms with van der Waals surface area (Å²) < 4.78 is 0. The number of aryl methyl sites for hydroxylation is 1. The average molecular weight is 277 g/mol. The zero-order chi connectivity index (χ0) is 14.0. The van der Waals surface area contributed by atoms with Gasteiger partial charge in [-0.2, -0.15) is 0 Å². The van der Waals surface area contributed by atoms with E-state index >= 15 is 0 Å². The number of nitrogens with zero attached hydrogens (tertiary/aromatic N) is 2. The SMILES string of the molecule is Cc1ccc(NC(C)(C)c2nccs2)c([N+](=O)[O-])c1. The van der Waals surface area contributed by atoms with Crippen LogP contribution in [0.25, 0.3) is 0 Å². The highest BCUT2D eigenvalue weighted by molar-refractivity contribution is 7.09. The molecule has 0 amide bonds. The van der Waals surface area contributed by atoms with Crippen LogP contribution in [0.5, 0.6) is 0 Å². The lowest BCUT2D eigenvalue weighted by Crippen LogP contribution is -2.28. The Balaban J connectivity index is 2.36. The van der Waals surface area contributed by atoms with Gasteiger partial charge in [-0.05, 0) is 32.4 Å². The van der Waals surface area contributed by atoms with E-state index in [1.807, 2.05) is 32.2 Å². The minimum Gasteiger partial charge on any atom is -0.368 e. The van der Waals surface area contributed by atoms with Gasteiger partial charge in [0.1, 0.15) is 10.7 Å². The molecule has 0 atom stereocenters. The second kappa shape index (κ2) is 4.97. The van der Waals surface area contributed by atoms with Gasteiger partial charge in [0.2, 0.25) is 0 Å². The van der Waals surface area contributed by atoms with Crippen LogP contribution >= 0.6 is 11.3 Å². The highest BCUT2D eigenvalue weighted by Crippen LogP contribution is 2.32. The number of nitro groups is 1. The molecule has 1 aromatic carbocycles. The Morgan fingerprint density at radius 2 is 2.16 bits per heavy atom. The van der Waals surface area contributed by atoms with Crippen molar-refractivity contribution in [2.75, 3.05) is 5.32 Å². The summed E-state index contributed by atoms with van der Waals surface area (Å²) in [5.41, 5.74) is 1.01. The van der Waals surface area contributed by atoms with E-state index in [0.29, 0.717) is 5.69 Å². The standard InChI is InChI=1S/C13H15N3O2S/c1-9-4-5-10(11(8-9)16(17)18)15-13(2,3)12-14-6-7-19-12/h4-8,15H,1-3H3. The molecule has 1 N–H and O–H groups in total. The maximum absolute atomic E-state index is 11.1. The number of hydrogen-bond acceptors (Lipinski definition) is 5. The molecule has 1 aromatic heterocycles. The Hall–Kier alpha value is -1.95. The third kappa shape index (κ3) is 2.90. The fourth-order valence-electron chi connectivity index (χ4n) is 1.82. The lowest BCUT2D eigenvalue weighted by molar-refractivity contribution is -0.384.